The number of aliphatic carboxylic acids is 1. The number of ether oxygens (including phenoxy) is 1. The molecule has 4 aromatic rings. The lowest BCUT2D eigenvalue weighted by molar-refractivity contribution is -0.141. The number of likely N-dealkylation sites (tertiary alicyclic amines) is 1. The Morgan fingerprint density at radius 2 is 1.52 bits per heavy atom. The lowest BCUT2D eigenvalue weighted by atomic mass is 10.00. The van der Waals surface area contributed by atoms with E-state index in [1.165, 1.54) is 16.7 Å². The SMILES string of the molecule is CCCC(C(=O)O)n1c(=O)c2cc(O)ccc2n(CCCCN2CCC(OC(c3ccccc3)c3ccccc3)CC2)c1=O. The number of aryl methyl sites for hydroxylation is 1. The molecule has 232 valence electrons. The van der Waals surface area contributed by atoms with Crippen LogP contribution in [0.15, 0.2) is 88.5 Å². The van der Waals surface area contributed by atoms with Crippen molar-refractivity contribution in [2.24, 2.45) is 0 Å². The second-order valence-corrected chi connectivity index (χ2v) is 11.5. The second-order valence-electron chi connectivity index (χ2n) is 11.5. The van der Waals surface area contributed by atoms with Gasteiger partial charge in [-0.2, -0.15) is 0 Å². The Bertz CT molecular complexity index is 1620. The molecule has 1 aromatic heterocycles. The molecule has 1 saturated heterocycles. The average molecular weight is 600 g/mol. The number of phenols is 1. The lowest BCUT2D eigenvalue weighted by Gasteiger charge is -2.34. The maximum atomic E-state index is 13.5. The van der Waals surface area contributed by atoms with Gasteiger partial charge < -0.3 is 19.8 Å². The van der Waals surface area contributed by atoms with Crippen LogP contribution in [-0.4, -0.2) is 56.0 Å². The average Bonchev–Trinajstić information content (AvgIpc) is 3.04. The van der Waals surface area contributed by atoms with Crippen LogP contribution in [0.3, 0.4) is 0 Å². The number of phenolic OH excluding ortho intramolecular Hbond substituents is 1. The highest BCUT2D eigenvalue weighted by Gasteiger charge is 2.26. The van der Waals surface area contributed by atoms with Crippen molar-refractivity contribution in [3.05, 3.63) is 111 Å². The van der Waals surface area contributed by atoms with Gasteiger partial charge in [-0.3, -0.25) is 9.36 Å². The zero-order chi connectivity index (χ0) is 31.1. The van der Waals surface area contributed by atoms with E-state index < -0.39 is 23.3 Å². The number of aromatic nitrogens is 2. The molecule has 1 aliphatic heterocycles. The highest BCUT2D eigenvalue weighted by molar-refractivity contribution is 5.80. The summed E-state index contributed by atoms with van der Waals surface area (Å²) in [6, 6.07) is 23.7. The van der Waals surface area contributed by atoms with E-state index in [1.54, 1.807) is 6.07 Å². The van der Waals surface area contributed by atoms with Crippen molar-refractivity contribution in [2.75, 3.05) is 19.6 Å². The number of hydrogen-bond acceptors (Lipinski definition) is 6. The van der Waals surface area contributed by atoms with E-state index in [9.17, 15) is 24.6 Å². The van der Waals surface area contributed by atoms with Gasteiger partial charge in [0.25, 0.3) is 5.56 Å². The van der Waals surface area contributed by atoms with Crippen LogP contribution in [0.4, 0.5) is 0 Å². The first kappa shape index (κ1) is 31.2. The zero-order valence-corrected chi connectivity index (χ0v) is 25.2. The largest absolute Gasteiger partial charge is 0.508 e. The Morgan fingerprint density at radius 3 is 2.11 bits per heavy atom. The summed E-state index contributed by atoms with van der Waals surface area (Å²) in [5.41, 5.74) is 1.38. The van der Waals surface area contributed by atoms with Crippen molar-refractivity contribution < 1.29 is 19.7 Å². The molecule has 5 rings (SSSR count). The molecule has 0 amide bonds. The van der Waals surface area contributed by atoms with Crippen LogP contribution in [0.1, 0.15) is 68.7 Å². The minimum atomic E-state index is -1.26. The minimum Gasteiger partial charge on any atom is -0.508 e. The highest BCUT2D eigenvalue weighted by atomic mass is 16.5. The molecule has 2 heterocycles. The van der Waals surface area contributed by atoms with E-state index in [-0.39, 0.29) is 29.8 Å². The number of hydrogen-bond donors (Lipinski definition) is 2. The van der Waals surface area contributed by atoms with E-state index in [4.69, 9.17) is 4.74 Å². The summed E-state index contributed by atoms with van der Waals surface area (Å²) < 4.78 is 9.00. The fourth-order valence-electron chi connectivity index (χ4n) is 6.18. The monoisotopic (exact) mass is 599 g/mol. The standard InChI is InChI=1S/C35H41N3O6/c1-2-11-31(34(41)42)38-33(40)29-24-27(39)16-17-30(29)37(35(38)43)21-10-9-20-36-22-18-28(19-23-36)44-32(25-12-5-3-6-13-25)26-14-7-4-8-15-26/h3-8,12-17,24,28,31-32,39H,2,9-11,18-23H2,1H3,(H,41,42). The molecule has 9 heteroatoms. The van der Waals surface area contributed by atoms with Gasteiger partial charge in [-0.1, -0.05) is 74.0 Å². The predicted molar refractivity (Wildman–Crippen MR) is 170 cm³/mol. The molecule has 0 spiro atoms. The van der Waals surface area contributed by atoms with E-state index in [0.29, 0.717) is 24.9 Å². The van der Waals surface area contributed by atoms with Gasteiger partial charge in [0, 0.05) is 19.6 Å². The van der Waals surface area contributed by atoms with Crippen molar-refractivity contribution >= 4 is 16.9 Å². The number of carboxylic acids is 1. The Hall–Kier alpha value is -4.21. The number of benzene rings is 3. The summed E-state index contributed by atoms with van der Waals surface area (Å²) in [5.74, 6) is -1.33. The Morgan fingerprint density at radius 1 is 0.909 bits per heavy atom. The predicted octanol–water partition coefficient (Wildman–Crippen LogP) is 5.35. The fourth-order valence-corrected chi connectivity index (χ4v) is 6.18. The molecule has 1 atom stereocenters. The van der Waals surface area contributed by atoms with Crippen molar-refractivity contribution in [2.45, 2.75) is 70.2 Å². The summed E-state index contributed by atoms with van der Waals surface area (Å²) in [6.07, 6.45) is 4.10. The van der Waals surface area contributed by atoms with Crippen LogP contribution in [0.5, 0.6) is 5.75 Å². The van der Waals surface area contributed by atoms with Crippen molar-refractivity contribution in [1.82, 2.24) is 14.0 Å². The van der Waals surface area contributed by atoms with E-state index in [1.807, 2.05) is 43.3 Å². The van der Waals surface area contributed by atoms with Crippen LogP contribution in [0.25, 0.3) is 10.9 Å². The number of unbranched alkanes of at least 4 members (excludes halogenated alkanes) is 1. The molecule has 0 bridgehead atoms. The van der Waals surface area contributed by atoms with Gasteiger partial charge in [0.1, 0.15) is 17.9 Å². The number of fused-ring (bicyclic) bond motifs is 1. The molecular weight excluding hydrogens is 558 g/mol. The molecule has 9 nitrogen and oxygen atoms in total. The lowest BCUT2D eigenvalue weighted by Crippen LogP contribution is -2.44. The van der Waals surface area contributed by atoms with Gasteiger partial charge in [0.15, 0.2) is 0 Å². The van der Waals surface area contributed by atoms with Crippen LogP contribution in [0, 0.1) is 0 Å². The summed E-state index contributed by atoms with van der Waals surface area (Å²) in [4.78, 5) is 41.2. The number of piperidine rings is 1. The maximum Gasteiger partial charge on any atom is 0.332 e. The first-order valence-electron chi connectivity index (χ1n) is 15.6. The van der Waals surface area contributed by atoms with Crippen molar-refractivity contribution in [1.29, 1.82) is 0 Å². The fraction of sp³-hybridized carbons (Fsp3) is 0.400. The zero-order valence-electron chi connectivity index (χ0n) is 25.2. The van der Waals surface area contributed by atoms with Gasteiger partial charge in [-0.05, 0) is 68.0 Å². The molecule has 0 radical (unpaired) electrons. The van der Waals surface area contributed by atoms with Crippen LogP contribution >= 0.6 is 0 Å². The molecule has 1 unspecified atom stereocenters. The van der Waals surface area contributed by atoms with Gasteiger partial charge in [-0.15, -0.1) is 0 Å². The van der Waals surface area contributed by atoms with Gasteiger partial charge in [0.2, 0.25) is 0 Å². The smallest absolute Gasteiger partial charge is 0.332 e. The third kappa shape index (κ3) is 7.11. The quantitative estimate of drug-likeness (QED) is 0.199. The van der Waals surface area contributed by atoms with Crippen LogP contribution in [-0.2, 0) is 16.1 Å². The second kappa shape index (κ2) is 14.5. The van der Waals surface area contributed by atoms with E-state index in [0.717, 1.165) is 54.6 Å². The molecule has 0 aliphatic carbocycles. The molecular formula is C35H41N3O6. The molecule has 44 heavy (non-hydrogen) atoms. The van der Waals surface area contributed by atoms with E-state index in [2.05, 4.69) is 29.2 Å². The topological polar surface area (TPSA) is 114 Å². The summed E-state index contributed by atoms with van der Waals surface area (Å²) in [7, 11) is 0. The normalized spacial score (nSPS) is 15.1. The van der Waals surface area contributed by atoms with E-state index >= 15 is 0 Å². The highest BCUT2D eigenvalue weighted by Crippen LogP contribution is 2.30. The Kier molecular flexibility index (Phi) is 10.3. The van der Waals surface area contributed by atoms with Gasteiger partial charge in [-0.25, -0.2) is 14.2 Å². The summed E-state index contributed by atoms with van der Waals surface area (Å²) in [6.45, 7) is 4.87. The summed E-state index contributed by atoms with van der Waals surface area (Å²) >= 11 is 0. The molecule has 2 N–H and O–H groups in total. The first-order chi connectivity index (χ1) is 21.4. The molecule has 1 fully saturated rings. The van der Waals surface area contributed by atoms with Gasteiger partial charge in [0.05, 0.1) is 17.0 Å². The maximum absolute atomic E-state index is 13.5. The Balaban J connectivity index is 1.21. The number of nitrogens with zero attached hydrogens (tertiary/aromatic N) is 3. The number of aromatic hydroxyl groups is 1. The van der Waals surface area contributed by atoms with Crippen LogP contribution in [0.2, 0.25) is 0 Å². The number of carboxylic acid groups (broad SMARTS) is 1. The third-order valence-corrected chi connectivity index (χ3v) is 8.49. The van der Waals surface area contributed by atoms with Crippen molar-refractivity contribution in [3.63, 3.8) is 0 Å². The minimum absolute atomic E-state index is 0.106. The van der Waals surface area contributed by atoms with Crippen LogP contribution < -0.4 is 11.2 Å². The molecule has 1 aliphatic rings. The summed E-state index contributed by atoms with van der Waals surface area (Å²) in [5, 5.41) is 20.0. The third-order valence-electron chi connectivity index (χ3n) is 8.49. The Labute approximate surface area is 257 Å². The van der Waals surface area contributed by atoms with Crippen molar-refractivity contribution in [3.8, 4) is 5.75 Å². The van der Waals surface area contributed by atoms with Gasteiger partial charge >= 0.3 is 11.7 Å². The molecule has 0 saturated carbocycles. The number of carbonyl (C=O) groups is 1. The first-order valence-corrected chi connectivity index (χ1v) is 15.6. The number of rotatable bonds is 13. The molecule has 3 aromatic carbocycles.